The number of benzene rings is 1. The molecule has 1 amide bonds. The zero-order valence-corrected chi connectivity index (χ0v) is 12.4. The third-order valence-electron chi connectivity index (χ3n) is 3.17. The van der Waals surface area contributed by atoms with E-state index in [2.05, 4.69) is 10.6 Å². The highest BCUT2D eigenvalue weighted by Gasteiger charge is 2.18. The van der Waals surface area contributed by atoms with Gasteiger partial charge in [-0.25, -0.2) is 4.39 Å². The van der Waals surface area contributed by atoms with Crippen molar-refractivity contribution in [2.24, 2.45) is 0 Å². The summed E-state index contributed by atoms with van der Waals surface area (Å²) in [5, 5.41) is 6.43. The van der Waals surface area contributed by atoms with Crippen LogP contribution in [-0.4, -0.2) is 25.5 Å². The third-order valence-corrected chi connectivity index (χ3v) is 3.17. The van der Waals surface area contributed by atoms with E-state index in [9.17, 15) is 9.18 Å². The Kier molecular flexibility index (Phi) is 5.53. The van der Waals surface area contributed by atoms with Crippen molar-refractivity contribution in [1.82, 2.24) is 10.6 Å². The molecule has 0 radical (unpaired) electrons. The molecule has 0 saturated heterocycles. The number of aryl methyl sites for hydroxylation is 1. The molecule has 0 aliphatic heterocycles. The van der Waals surface area contributed by atoms with E-state index in [1.807, 2.05) is 14.0 Å². The molecule has 0 aliphatic rings. The van der Waals surface area contributed by atoms with Gasteiger partial charge in [0.2, 0.25) is 0 Å². The van der Waals surface area contributed by atoms with Gasteiger partial charge in [0.05, 0.1) is 0 Å². The second-order valence-corrected chi connectivity index (χ2v) is 4.60. The Hall–Kier alpha value is -1.59. The molecule has 1 aromatic heterocycles. The van der Waals surface area contributed by atoms with Gasteiger partial charge in [-0.1, -0.05) is 0 Å². The molecule has 2 N–H and O–H groups in total. The maximum Gasteiger partial charge on any atom is 0.287 e. The Morgan fingerprint density at radius 2 is 2.15 bits per heavy atom. The van der Waals surface area contributed by atoms with Crippen LogP contribution in [-0.2, 0) is 0 Å². The minimum Gasteiger partial charge on any atom is -0.451 e. The molecule has 0 aliphatic carbocycles. The summed E-state index contributed by atoms with van der Waals surface area (Å²) in [6.45, 7) is 4.21. The molecule has 0 bridgehead atoms. The molecule has 0 fully saturated rings. The topological polar surface area (TPSA) is 54.3 Å². The first-order valence-electron chi connectivity index (χ1n) is 6.17. The SMILES string of the molecule is CNC(C)CNC(=O)c1oc2ccc(F)cc2c1C.Cl. The lowest BCUT2D eigenvalue weighted by atomic mass is 10.1. The Morgan fingerprint density at radius 3 is 2.80 bits per heavy atom. The van der Waals surface area contributed by atoms with Crippen molar-refractivity contribution < 1.29 is 13.6 Å². The van der Waals surface area contributed by atoms with E-state index in [4.69, 9.17) is 4.42 Å². The predicted molar refractivity (Wildman–Crippen MR) is 79.0 cm³/mol. The molecule has 110 valence electrons. The van der Waals surface area contributed by atoms with Gasteiger partial charge in [0.25, 0.3) is 5.91 Å². The third kappa shape index (κ3) is 3.29. The van der Waals surface area contributed by atoms with Crippen LogP contribution in [0.25, 0.3) is 11.0 Å². The molecule has 0 saturated carbocycles. The molecule has 0 spiro atoms. The van der Waals surface area contributed by atoms with E-state index in [0.717, 1.165) is 0 Å². The van der Waals surface area contributed by atoms with Gasteiger partial charge in [-0.15, -0.1) is 12.4 Å². The number of hydrogen-bond acceptors (Lipinski definition) is 3. The van der Waals surface area contributed by atoms with Crippen molar-refractivity contribution in [3.8, 4) is 0 Å². The maximum atomic E-state index is 13.2. The number of likely N-dealkylation sites (N-methyl/N-ethyl adjacent to an activating group) is 1. The summed E-state index contributed by atoms with van der Waals surface area (Å²) in [5.74, 6) is -0.382. The lowest BCUT2D eigenvalue weighted by molar-refractivity contribution is 0.0924. The molecule has 6 heteroatoms. The van der Waals surface area contributed by atoms with Crippen molar-refractivity contribution in [3.05, 3.63) is 35.3 Å². The fourth-order valence-corrected chi connectivity index (χ4v) is 1.84. The van der Waals surface area contributed by atoms with Gasteiger partial charge in [-0.3, -0.25) is 4.79 Å². The summed E-state index contributed by atoms with van der Waals surface area (Å²) in [6, 6.07) is 4.40. The van der Waals surface area contributed by atoms with Crippen LogP contribution in [0.1, 0.15) is 23.0 Å². The monoisotopic (exact) mass is 300 g/mol. The van der Waals surface area contributed by atoms with Crippen LogP contribution >= 0.6 is 12.4 Å². The van der Waals surface area contributed by atoms with E-state index < -0.39 is 0 Å². The van der Waals surface area contributed by atoms with Gasteiger partial charge >= 0.3 is 0 Å². The lowest BCUT2D eigenvalue weighted by Crippen LogP contribution is -2.37. The molecule has 1 heterocycles. The van der Waals surface area contributed by atoms with E-state index in [1.165, 1.54) is 18.2 Å². The number of rotatable bonds is 4. The van der Waals surface area contributed by atoms with E-state index in [-0.39, 0.29) is 35.9 Å². The molecule has 1 aromatic carbocycles. The second-order valence-electron chi connectivity index (χ2n) is 4.60. The summed E-state index contributed by atoms with van der Waals surface area (Å²) in [5.41, 5.74) is 1.18. The first-order chi connectivity index (χ1) is 9.02. The number of carbonyl (C=O) groups is 1. The Balaban J connectivity index is 0.00000200. The van der Waals surface area contributed by atoms with Gasteiger partial charge in [0, 0.05) is 23.5 Å². The fourth-order valence-electron chi connectivity index (χ4n) is 1.84. The number of carbonyl (C=O) groups excluding carboxylic acids is 1. The number of nitrogens with one attached hydrogen (secondary N) is 2. The normalized spacial score (nSPS) is 12.0. The van der Waals surface area contributed by atoms with E-state index >= 15 is 0 Å². The Bertz CT molecular complexity index is 612. The second kappa shape index (κ2) is 6.72. The molecular formula is C14H18ClFN2O2. The maximum absolute atomic E-state index is 13.2. The minimum absolute atomic E-state index is 0. The predicted octanol–water partition coefficient (Wildman–Crippen LogP) is 2.64. The molecule has 1 atom stereocenters. The van der Waals surface area contributed by atoms with Crippen molar-refractivity contribution in [2.75, 3.05) is 13.6 Å². The van der Waals surface area contributed by atoms with Crippen molar-refractivity contribution >= 4 is 29.3 Å². The summed E-state index contributed by atoms with van der Waals surface area (Å²) in [7, 11) is 1.83. The highest BCUT2D eigenvalue weighted by atomic mass is 35.5. The number of halogens is 2. The minimum atomic E-state index is -0.341. The number of amides is 1. The molecule has 1 unspecified atom stereocenters. The van der Waals surface area contributed by atoms with E-state index in [0.29, 0.717) is 23.1 Å². The van der Waals surface area contributed by atoms with Gasteiger partial charge in [0.15, 0.2) is 5.76 Å². The summed E-state index contributed by atoms with van der Waals surface area (Å²) < 4.78 is 18.7. The van der Waals surface area contributed by atoms with Gasteiger partial charge < -0.3 is 15.1 Å². The quantitative estimate of drug-likeness (QED) is 0.912. The van der Waals surface area contributed by atoms with Crippen LogP contribution in [0.2, 0.25) is 0 Å². The highest BCUT2D eigenvalue weighted by molar-refractivity contribution is 5.98. The zero-order chi connectivity index (χ0) is 14.0. The number of furan rings is 1. The first-order valence-corrected chi connectivity index (χ1v) is 6.17. The zero-order valence-electron chi connectivity index (χ0n) is 11.6. The summed E-state index contributed by atoms with van der Waals surface area (Å²) in [6.07, 6.45) is 0. The average molecular weight is 301 g/mol. The molecule has 2 rings (SSSR count). The van der Waals surface area contributed by atoms with Crippen LogP contribution in [0.4, 0.5) is 4.39 Å². The fraction of sp³-hybridized carbons (Fsp3) is 0.357. The average Bonchev–Trinajstić information content (AvgIpc) is 2.73. The summed E-state index contributed by atoms with van der Waals surface area (Å²) >= 11 is 0. The molecule has 4 nitrogen and oxygen atoms in total. The van der Waals surface area contributed by atoms with Gasteiger partial charge in [0.1, 0.15) is 11.4 Å². The van der Waals surface area contributed by atoms with Crippen LogP contribution in [0.3, 0.4) is 0 Å². The Labute approximate surface area is 123 Å². The smallest absolute Gasteiger partial charge is 0.287 e. The van der Waals surface area contributed by atoms with Crippen LogP contribution < -0.4 is 10.6 Å². The highest BCUT2D eigenvalue weighted by Crippen LogP contribution is 2.25. The summed E-state index contributed by atoms with van der Waals surface area (Å²) in [4.78, 5) is 12.0. The van der Waals surface area contributed by atoms with Crippen LogP contribution in [0, 0.1) is 12.7 Å². The first kappa shape index (κ1) is 16.5. The lowest BCUT2D eigenvalue weighted by Gasteiger charge is -2.10. The van der Waals surface area contributed by atoms with E-state index in [1.54, 1.807) is 6.92 Å². The number of fused-ring (bicyclic) bond motifs is 1. The van der Waals surface area contributed by atoms with Crippen molar-refractivity contribution in [3.63, 3.8) is 0 Å². The largest absolute Gasteiger partial charge is 0.451 e. The van der Waals surface area contributed by atoms with Crippen LogP contribution in [0.5, 0.6) is 0 Å². The van der Waals surface area contributed by atoms with Crippen molar-refractivity contribution in [2.45, 2.75) is 19.9 Å². The van der Waals surface area contributed by atoms with Gasteiger partial charge in [-0.05, 0) is 39.1 Å². The van der Waals surface area contributed by atoms with Crippen LogP contribution in [0.15, 0.2) is 22.6 Å². The number of hydrogen-bond donors (Lipinski definition) is 2. The standard InChI is InChI=1S/C14H17FN2O2.ClH/c1-8(16-3)7-17-14(18)13-9(2)11-6-10(15)4-5-12(11)19-13;/h4-6,8,16H,7H2,1-3H3,(H,17,18);1H. The van der Waals surface area contributed by atoms with Crippen molar-refractivity contribution in [1.29, 1.82) is 0 Å². The van der Waals surface area contributed by atoms with Gasteiger partial charge in [-0.2, -0.15) is 0 Å². The molecular weight excluding hydrogens is 283 g/mol. The molecule has 2 aromatic rings. The molecule has 20 heavy (non-hydrogen) atoms. The Morgan fingerprint density at radius 1 is 1.45 bits per heavy atom.